The monoisotopic (exact) mass is 358 g/mol. The van der Waals surface area contributed by atoms with Gasteiger partial charge in [0.05, 0.1) is 7.11 Å². The molecule has 0 aromatic heterocycles. The van der Waals surface area contributed by atoms with Crippen molar-refractivity contribution >= 4 is 23.2 Å². The summed E-state index contributed by atoms with van der Waals surface area (Å²) in [6, 6.07) is 15.8. The van der Waals surface area contributed by atoms with Gasteiger partial charge in [0, 0.05) is 29.7 Å². The van der Waals surface area contributed by atoms with Gasteiger partial charge in [0.2, 0.25) is 5.91 Å². The molecule has 0 aliphatic carbocycles. The van der Waals surface area contributed by atoms with Gasteiger partial charge in [0.25, 0.3) is 0 Å². The predicted octanol–water partition coefficient (Wildman–Crippen LogP) is 4.51. The third-order valence-corrected chi connectivity index (χ3v) is 4.81. The molecular weight excluding hydrogens is 336 g/mol. The molecule has 1 heterocycles. The van der Waals surface area contributed by atoms with Gasteiger partial charge in [-0.05, 0) is 55.3 Å². The van der Waals surface area contributed by atoms with E-state index < -0.39 is 0 Å². The maximum absolute atomic E-state index is 12.2. The summed E-state index contributed by atoms with van der Waals surface area (Å²) in [5, 5.41) is 3.53. The minimum Gasteiger partial charge on any atom is -0.497 e. The third-order valence-electron chi connectivity index (χ3n) is 4.58. The molecule has 5 heteroatoms. The van der Waals surface area contributed by atoms with Crippen LogP contribution < -0.4 is 10.1 Å². The number of benzene rings is 2. The maximum atomic E-state index is 12.2. The number of ether oxygens (including phenoxy) is 1. The largest absolute Gasteiger partial charge is 0.497 e. The number of methoxy groups -OCH3 is 1. The van der Waals surface area contributed by atoms with E-state index in [1.54, 1.807) is 19.2 Å². The van der Waals surface area contributed by atoms with Gasteiger partial charge in [0.15, 0.2) is 0 Å². The molecule has 3 rings (SSSR count). The Morgan fingerprint density at radius 3 is 2.92 bits per heavy atom. The fourth-order valence-corrected chi connectivity index (χ4v) is 3.55. The molecule has 1 aliphatic rings. The minimum atomic E-state index is 0.0126. The second-order valence-electron chi connectivity index (χ2n) is 6.28. The van der Waals surface area contributed by atoms with Crippen LogP contribution in [0.1, 0.15) is 30.9 Å². The number of halogens is 1. The van der Waals surface area contributed by atoms with Gasteiger partial charge >= 0.3 is 0 Å². The van der Waals surface area contributed by atoms with E-state index in [4.69, 9.17) is 16.3 Å². The standard InChI is InChI=1S/C20H23ClN2O2/c1-25-18-8-2-5-15(13-18)19-9-4-11-23(19)12-10-20(24)22-17-7-3-6-16(21)14-17/h2-3,5-8,13-14,19H,4,9-12H2,1H3,(H,22,24). The molecular formula is C20H23ClN2O2. The first-order valence-corrected chi connectivity index (χ1v) is 8.97. The van der Waals surface area contributed by atoms with Crippen LogP contribution in [0, 0.1) is 0 Å². The van der Waals surface area contributed by atoms with Crippen molar-refractivity contribution in [3.8, 4) is 5.75 Å². The fourth-order valence-electron chi connectivity index (χ4n) is 3.35. The number of hydrogen-bond donors (Lipinski definition) is 1. The van der Waals surface area contributed by atoms with Crippen LogP contribution in [0.5, 0.6) is 5.75 Å². The van der Waals surface area contributed by atoms with Gasteiger partial charge in [-0.1, -0.05) is 29.8 Å². The Kier molecular flexibility index (Phi) is 5.95. The molecule has 0 saturated carbocycles. The molecule has 132 valence electrons. The molecule has 0 bridgehead atoms. The number of anilines is 1. The molecule has 1 unspecified atom stereocenters. The Hall–Kier alpha value is -2.04. The Morgan fingerprint density at radius 2 is 2.12 bits per heavy atom. The molecule has 1 fully saturated rings. The molecule has 4 nitrogen and oxygen atoms in total. The van der Waals surface area contributed by atoms with E-state index in [1.165, 1.54) is 5.56 Å². The Bertz CT molecular complexity index is 735. The molecule has 1 atom stereocenters. The van der Waals surface area contributed by atoms with Crippen molar-refractivity contribution in [2.45, 2.75) is 25.3 Å². The van der Waals surface area contributed by atoms with Gasteiger partial charge in [-0.3, -0.25) is 9.69 Å². The van der Waals surface area contributed by atoms with E-state index in [-0.39, 0.29) is 5.91 Å². The van der Waals surface area contributed by atoms with E-state index in [0.717, 1.165) is 37.4 Å². The number of nitrogens with zero attached hydrogens (tertiary/aromatic N) is 1. The minimum absolute atomic E-state index is 0.0126. The number of rotatable bonds is 6. The van der Waals surface area contributed by atoms with Crippen LogP contribution in [-0.2, 0) is 4.79 Å². The summed E-state index contributed by atoms with van der Waals surface area (Å²) in [6.07, 6.45) is 2.73. The number of carbonyl (C=O) groups excluding carboxylic acids is 1. The number of hydrogen-bond acceptors (Lipinski definition) is 3. The second kappa shape index (κ2) is 8.37. The predicted molar refractivity (Wildman–Crippen MR) is 101 cm³/mol. The third kappa shape index (κ3) is 4.74. The second-order valence-corrected chi connectivity index (χ2v) is 6.72. The molecule has 0 radical (unpaired) electrons. The van der Waals surface area contributed by atoms with E-state index >= 15 is 0 Å². The van der Waals surface area contributed by atoms with Crippen molar-refractivity contribution in [2.75, 3.05) is 25.5 Å². The van der Waals surface area contributed by atoms with Crippen molar-refractivity contribution in [1.82, 2.24) is 4.90 Å². The Balaban J connectivity index is 1.57. The Labute approximate surface area is 153 Å². The molecule has 2 aromatic rings. The first kappa shape index (κ1) is 17.8. The van der Waals surface area contributed by atoms with Gasteiger partial charge in [-0.25, -0.2) is 0 Å². The van der Waals surface area contributed by atoms with Crippen LogP contribution in [0.2, 0.25) is 5.02 Å². The molecule has 1 saturated heterocycles. The highest BCUT2D eigenvalue weighted by Crippen LogP contribution is 2.33. The molecule has 1 aliphatic heterocycles. The summed E-state index contributed by atoms with van der Waals surface area (Å²) in [5.41, 5.74) is 2.00. The molecule has 1 N–H and O–H groups in total. The van der Waals surface area contributed by atoms with Gasteiger partial charge in [-0.2, -0.15) is 0 Å². The fraction of sp³-hybridized carbons (Fsp3) is 0.350. The quantitative estimate of drug-likeness (QED) is 0.825. The number of nitrogens with one attached hydrogen (secondary N) is 1. The highest BCUT2D eigenvalue weighted by atomic mass is 35.5. The number of amides is 1. The highest BCUT2D eigenvalue weighted by molar-refractivity contribution is 6.30. The first-order chi connectivity index (χ1) is 12.2. The van der Waals surface area contributed by atoms with Crippen molar-refractivity contribution in [2.24, 2.45) is 0 Å². The number of carbonyl (C=O) groups is 1. The zero-order chi connectivity index (χ0) is 17.6. The smallest absolute Gasteiger partial charge is 0.225 e. The van der Waals surface area contributed by atoms with Gasteiger partial charge in [-0.15, -0.1) is 0 Å². The average molecular weight is 359 g/mol. The van der Waals surface area contributed by atoms with E-state index in [1.807, 2.05) is 24.3 Å². The summed E-state index contributed by atoms with van der Waals surface area (Å²) in [5.74, 6) is 0.890. The lowest BCUT2D eigenvalue weighted by Crippen LogP contribution is -2.27. The van der Waals surface area contributed by atoms with Crippen molar-refractivity contribution < 1.29 is 9.53 Å². The molecule has 1 amide bonds. The van der Waals surface area contributed by atoms with Crippen molar-refractivity contribution in [3.63, 3.8) is 0 Å². The lowest BCUT2D eigenvalue weighted by Gasteiger charge is -2.25. The summed E-state index contributed by atoms with van der Waals surface area (Å²) in [6.45, 7) is 1.76. The molecule has 0 spiro atoms. The normalized spacial score (nSPS) is 17.4. The molecule has 2 aromatic carbocycles. The lowest BCUT2D eigenvalue weighted by molar-refractivity contribution is -0.116. The topological polar surface area (TPSA) is 41.6 Å². The van der Waals surface area contributed by atoms with E-state index in [9.17, 15) is 4.79 Å². The lowest BCUT2D eigenvalue weighted by atomic mass is 10.0. The van der Waals surface area contributed by atoms with Crippen LogP contribution in [-0.4, -0.2) is 31.0 Å². The van der Waals surface area contributed by atoms with Crippen LogP contribution >= 0.6 is 11.6 Å². The van der Waals surface area contributed by atoms with Crippen molar-refractivity contribution in [1.29, 1.82) is 0 Å². The van der Waals surface area contributed by atoms with E-state index in [0.29, 0.717) is 17.5 Å². The molecule has 25 heavy (non-hydrogen) atoms. The summed E-state index contributed by atoms with van der Waals surface area (Å²) in [7, 11) is 1.69. The Morgan fingerprint density at radius 1 is 1.28 bits per heavy atom. The maximum Gasteiger partial charge on any atom is 0.225 e. The summed E-state index contributed by atoms with van der Waals surface area (Å²) in [4.78, 5) is 14.6. The zero-order valence-corrected chi connectivity index (χ0v) is 15.1. The van der Waals surface area contributed by atoms with Crippen LogP contribution in [0.15, 0.2) is 48.5 Å². The van der Waals surface area contributed by atoms with Crippen LogP contribution in [0.4, 0.5) is 5.69 Å². The van der Waals surface area contributed by atoms with Crippen LogP contribution in [0.25, 0.3) is 0 Å². The van der Waals surface area contributed by atoms with E-state index in [2.05, 4.69) is 22.3 Å². The SMILES string of the molecule is COc1cccc(C2CCCN2CCC(=O)Nc2cccc(Cl)c2)c1. The van der Waals surface area contributed by atoms with Gasteiger partial charge < -0.3 is 10.1 Å². The first-order valence-electron chi connectivity index (χ1n) is 8.59. The average Bonchev–Trinajstić information content (AvgIpc) is 3.08. The van der Waals surface area contributed by atoms with Crippen molar-refractivity contribution in [3.05, 3.63) is 59.1 Å². The highest BCUT2D eigenvalue weighted by Gasteiger charge is 2.26. The van der Waals surface area contributed by atoms with Crippen LogP contribution in [0.3, 0.4) is 0 Å². The number of likely N-dealkylation sites (tertiary alicyclic amines) is 1. The summed E-state index contributed by atoms with van der Waals surface area (Å²) < 4.78 is 5.33. The summed E-state index contributed by atoms with van der Waals surface area (Å²) >= 11 is 5.95. The zero-order valence-electron chi connectivity index (χ0n) is 14.4. The van der Waals surface area contributed by atoms with Gasteiger partial charge in [0.1, 0.15) is 5.75 Å².